The summed E-state index contributed by atoms with van der Waals surface area (Å²) in [4.78, 5) is 0. The van der Waals surface area contributed by atoms with Gasteiger partial charge in [-0.3, -0.25) is 0 Å². The van der Waals surface area contributed by atoms with Crippen molar-refractivity contribution in [2.45, 2.75) is 26.3 Å². The molecular formula is C18H20Cl3NO. The number of halogens is 3. The lowest BCUT2D eigenvalue weighted by atomic mass is 10.1. The average molecular weight is 373 g/mol. The summed E-state index contributed by atoms with van der Waals surface area (Å²) in [6.45, 7) is 4.23. The highest BCUT2D eigenvalue weighted by molar-refractivity contribution is 6.37. The predicted octanol–water partition coefficient (Wildman–Crippen LogP) is 5.77. The largest absolute Gasteiger partial charge is 0.490 e. The molecule has 2 nitrogen and oxygen atoms in total. The number of ether oxygens (including phenoxy) is 1. The van der Waals surface area contributed by atoms with E-state index in [1.54, 1.807) is 0 Å². The minimum atomic E-state index is 0.556. The normalized spacial score (nSPS) is 10.8. The van der Waals surface area contributed by atoms with Crippen molar-refractivity contribution in [3.63, 3.8) is 0 Å². The van der Waals surface area contributed by atoms with Crippen LogP contribution in [0.4, 0.5) is 0 Å². The Bertz CT molecular complexity index is 606. The molecule has 0 spiro atoms. The molecule has 0 fully saturated rings. The summed E-state index contributed by atoms with van der Waals surface area (Å²) in [5.74, 6) is 0.570. The topological polar surface area (TPSA) is 21.3 Å². The molecule has 2 aromatic carbocycles. The number of hydrogen-bond donors (Lipinski definition) is 1. The van der Waals surface area contributed by atoms with E-state index in [0.29, 0.717) is 28.9 Å². The standard InChI is InChI=1S/C18H20Cl3NO/c1-2-9-23-18-16(20)10-14(11-17(18)21)12-22-8-7-13-3-5-15(19)6-4-13/h3-6,10-11,22H,2,7-9,12H2,1H3. The lowest BCUT2D eigenvalue weighted by Gasteiger charge is -2.12. The molecule has 124 valence electrons. The van der Waals surface area contributed by atoms with Gasteiger partial charge >= 0.3 is 0 Å². The van der Waals surface area contributed by atoms with Crippen LogP contribution < -0.4 is 10.1 Å². The molecule has 0 unspecified atom stereocenters. The fourth-order valence-electron chi connectivity index (χ4n) is 2.17. The van der Waals surface area contributed by atoms with Crippen LogP contribution >= 0.6 is 34.8 Å². The summed E-state index contributed by atoms with van der Waals surface area (Å²) in [6, 6.07) is 11.7. The van der Waals surface area contributed by atoms with Gasteiger partial charge in [-0.15, -0.1) is 0 Å². The van der Waals surface area contributed by atoms with E-state index in [1.165, 1.54) is 5.56 Å². The van der Waals surface area contributed by atoms with Crippen LogP contribution in [0, 0.1) is 0 Å². The second kappa shape index (κ2) is 9.39. The summed E-state index contributed by atoms with van der Waals surface area (Å²) < 4.78 is 5.57. The van der Waals surface area contributed by atoms with Crippen molar-refractivity contribution < 1.29 is 4.74 Å². The Hall–Kier alpha value is -0.930. The van der Waals surface area contributed by atoms with Crippen LogP contribution in [0.1, 0.15) is 24.5 Å². The van der Waals surface area contributed by atoms with E-state index in [2.05, 4.69) is 5.32 Å². The Labute approximate surface area is 152 Å². The van der Waals surface area contributed by atoms with Gasteiger partial charge in [0.25, 0.3) is 0 Å². The van der Waals surface area contributed by atoms with Gasteiger partial charge in [0.05, 0.1) is 16.7 Å². The third-order valence-electron chi connectivity index (χ3n) is 3.34. The van der Waals surface area contributed by atoms with Crippen LogP contribution in [0.5, 0.6) is 5.75 Å². The molecule has 0 aliphatic rings. The molecule has 2 aromatic rings. The first-order valence-corrected chi connectivity index (χ1v) is 8.79. The lowest BCUT2D eigenvalue weighted by Crippen LogP contribution is -2.16. The summed E-state index contributed by atoms with van der Waals surface area (Å²) in [5, 5.41) is 5.26. The average Bonchev–Trinajstić information content (AvgIpc) is 2.52. The molecule has 0 aliphatic heterocycles. The van der Waals surface area contributed by atoms with Gasteiger partial charge in [-0.2, -0.15) is 0 Å². The zero-order valence-electron chi connectivity index (χ0n) is 13.0. The molecule has 0 radical (unpaired) electrons. The minimum absolute atomic E-state index is 0.556. The SMILES string of the molecule is CCCOc1c(Cl)cc(CNCCc2ccc(Cl)cc2)cc1Cl. The number of nitrogens with one attached hydrogen (secondary N) is 1. The van der Waals surface area contributed by atoms with E-state index in [1.807, 2.05) is 43.3 Å². The van der Waals surface area contributed by atoms with Gasteiger partial charge in [0.15, 0.2) is 5.75 Å². The molecule has 0 saturated heterocycles. The maximum absolute atomic E-state index is 6.24. The van der Waals surface area contributed by atoms with Crippen molar-refractivity contribution in [1.82, 2.24) is 5.32 Å². The van der Waals surface area contributed by atoms with Crippen molar-refractivity contribution in [2.24, 2.45) is 0 Å². The monoisotopic (exact) mass is 371 g/mol. The molecule has 23 heavy (non-hydrogen) atoms. The molecule has 0 heterocycles. The van der Waals surface area contributed by atoms with E-state index in [0.717, 1.165) is 30.0 Å². The molecule has 2 rings (SSSR count). The van der Waals surface area contributed by atoms with Gasteiger partial charge in [0, 0.05) is 11.6 Å². The van der Waals surface area contributed by atoms with Crippen LogP contribution in [-0.2, 0) is 13.0 Å². The molecule has 0 bridgehead atoms. The molecule has 0 amide bonds. The quantitative estimate of drug-likeness (QED) is 0.594. The van der Waals surface area contributed by atoms with Gasteiger partial charge in [-0.1, -0.05) is 53.9 Å². The van der Waals surface area contributed by atoms with Crippen molar-refractivity contribution >= 4 is 34.8 Å². The van der Waals surface area contributed by atoms with Crippen molar-refractivity contribution in [3.8, 4) is 5.75 Å². The molecule has 0 aliphatic carbocycles. The summed E-state index contributed by atoms with van der Waals surface area (Å²) in [5.41, 5.74) is 2.29. The number of hydrogen-bond acceptors (Lipinski definition) is 2. The van der Waals surface area contributed by atoms with E-state index in [-0.39, 0.29) is 0 Å². The molecular weight excluding hydrogens is 353 g/mol. The van der Waals surface area contributed by atoms with Crippen LogP contribution in [0.2, 0.25) is 15.1 Å². The smallest absolute Gasteiger partial charge is 0.156 e. The number of benzene rings is 2. The molecule has 0 atom stereocenters. The zero-order chi connectivity index (χ0) is 16.7. The fourth-order valence-corrected chi connectivity index (χ4v) is 2.94. The van der Waals surface area contributed by atoms with Gasteiger partial charge in [0.2, 0.25) is 0 Å². The predicted molar refractivity (Wildman–Crippen MR) is 99.1 cm³/mol. The van der Waals surface area contributed by atoms with Crippen LogP contribution in [0.25, 0.3) is 0 Å². The first-order chi connectivity index (χ1) is 11.1. The van der Waals surface area contributed by atoms with Gasteiger partial charge in [0.1, 0.15) is 0 Å². The van der Waals surface area contributed by atoms with Crippen LogP contribution in [-0.4, -0.2) is 13.2 Å². The van der Waals surface area contributed by atoms with E-state index < -0.39 is 0 Å². The van der Waals surface area contributed by atoms with Crippen molar-refractivity contribution in [3.05, 3.63) is 62.6 Å². The molecule has 1 N–H and O–H groups in total. The van der Waals surface area contributed by atoms with Crippen LogP contribution in [0.3, 0.4) is 0 Å². The van der Waals surface area contributed by atoms with Gasteiger partial charge in [-0.25, -0.2) is 0 Å². The minimum Gasteiger partial charge on any atom is -0.490 e. The first kappa shape index (κ1) is 18.4. The van der Waals surface area contributed by atoms with E-state index in [4.69, 9.17) is 39.5 Å². The maximum Gasteiger partial charge on any atom is 0.156 e. The number of rotatable bonds is 8. The highest BCUT2D eigenvalue weighted by atomic mass is 35.5. The Morgan fingerprint density at radius 2 is 1.61 bits per heavy atom. The third-order valence-corrected chi connectivity index (χ3v) is 4.15. The molecule has 5 heteroatoms. The summed E-state index contributed by atoms with van der Waals surface area (Å²) >= 11 is 18.4. The summed E-state index contributed by atoms with van der Waals surface area (Å²) in [7, 11) is 0. The first-order valence-electron chi connectivity index (χ1n) is 7.66. The second-order valence-electron chi connectivity index (χ2n) is 5.29. The molecule has 0 saturated carbocycles. The molecule has 0 aromatic heterocycles. The Morgan fingerprint density at radius 1 is 0.957 bits per heavy atom. The Kier molecular flexibility index (Phi) is 7.51. The van der Waals surface area contributed by atoms with Crippen molar-refractivity contribution in [1.29, 1.82) is 0 Å². The van der Waals surface area contributed by atoms with Gasteiger partial charge in [-0.05, 0) is 54.8 Å². The lowest BCUT2D eigenvalue weighted by molar-refractivity contribution is 0.317. The van der Waals surface area contributed by atoms with E-state index in [9.17, 15) is 0 Å². The Balaban J connectivity index is 1.84. The fraction of sp³-hybridized carbons (Fsp3) is 0.333. The summed E-state index contributed by atoms with van der Waals surface area (Å²) in [6.07, 6.45) is 1.86. The van der Waals surface area contributed by atoms with Gasteiger partial charge < -0.3 is 10.1 Å². The second-order valence-corrected chi connectivity index (χ2v) is 6.54. The van der Waals surface area contributed by atoms with E-state index >= 15 is 0 Å². The highest BCUT2D eigenvalue weighted by Crippen LogP contribution is 2.34. The highest BCUT2D eigenvalue weighted by Gasteiger charge is 2.09. The maximum atomic E-state index is 6.24. The third kappa shape index (κ3) is 5.89. The van der Waals surface area contributed by atoms with Crippen LogP contribution in [0.15, 0.2) is 36.4 Å². The zero-order valence-corrected chi connectivity index (χ0v) is 15.3. The van der Waals surface area contributed by atoms with Crippen molar-refractivity contribution in [2.75, 3.05) is 13.2 Å². The Morgan fingerprint density at radius 3 is 2.22 bits per heavy atom.